The van der Waals surface area contributed by atoms with Gasteiger partial charge in [0.15, 0.2) is 0 Å². The lowest BCUT2D eigenvalue weighted by Gasteiger charge is -2.39. The number of aromatic amines is 1. The van der Waals surface area contributed by atoms with Gasteiger partial charge in [-0.05, 0) is 23.8 Å². The van der Waals surface area contributed by atoms with E-state index >= 15 is 0 Å². The third-order valence-electron chi connectivity index (χ3n) is 5.90. The maximum Gasteiger partial charge on any atom is 0.241 e. The Balaban J connectivity index is 1.59. The Hall–Kier alpha value is -2.36. The molecule has 2 N–H and O–H groups in total. The Kier molecular flexibility index (Phi) is 5.37. The van der Waals surface area contributed by atoms with Gasteiger partial charge < -0.3 is 15.0 Å². The summed E-state index contributed by atoms with van der Waals surface area (Å²) < 4.78 is 5.37. The second kappa shape index (κ2) is 7.81. The molecule has 0 aliphatic carbocycles. The first kappa shape index (κ1) is 19.9. The van der Waals surface area contributed by atoms with Crippen LogP contribution in [-0.2, 0) is 14.9 Å². The van der Waals surface area contributed by atoms with Crippen molar-refractivity contribution in [3.8, 4) is 11.4 Å². The van der Waals surface area contributed by atoms with Crippen molar-refractivity contribution >= 4 is 11.6 Å². The van der Waals surface area contributed by atoms with Gasteiger partial charge in [0, 0.05) is 55.5 Å². The highest BCUT2D eigenvalue weighted by molar-refractivity contribution is 5.98. The number of ether oxygens (including phenoxy) is 1. The molecule has 1 saturated heterocycles. The number of amides is 1. The van der Waals surface area contributed by atoms with Crippen LogP contribution in [-0.4, -0.2) is 83.4 Å². The monoisotopic (exact) mass is 399 g/mol. The predicted molar refractivity (Wildman–Crippen MR) is 110 cm³/mol. The molecule has 9 heteroatoms. The minimum atomic E-state index is -0.108. The van der Waals surface area contributed by atoms with Gasteiger partial charge in [-0.15, -0.1) is 10.2 Å². The normalized spacial score (nSPS) is 23.9. The van der Waals surface area contributed by atoms with Crippen molar-refractivity contribution in [3.05, 3.63) is 23.8 Å². The SMILES string of the molecule is COCC1CNC(C)CN1CC(=O)N1CC(C)(C)c2ccc(-c3nn[nH]n3)cc21. The van der Waals surface area contributed by atoms with Gasteiger partial charge in [-0.1, -0.05) is 26.0 Å². The fraction of sp³-hybridized carbons (Fsp3) is 0.600. The number of methoxy groups -OCH3 is 1. The van der Waals surface area contributed by atoms with Crippen LogP contribution in [0.2, 0.25) is 0 Å². The second-order valence-corrected chi connectivity index (χ2v) is 8.68. The number of carbonyl (C=O) groups is 1. The summed E-state index contributed by atoms with van der Waals surface area (Å²) in [5, 5.41) is 17.7. The smallest absolute Gasteiger partial charge is 0.241 e. The Labute approximate surface area is 170 Å². The molecule has 2 unspecified atom stereocenters. The molecule has 0 saturated carbocycles. The number of hydrogen-bond donors (Lipinski definition) is 2. The van der Waals surface area contributed by atoms with Crippen molar-refractivity contribution < 1.29 is 9.53 Å². The van der Waals surface area contributed by atoms with Crippen LogP contribution in [0.1, 0.15) is 26.3 Å². The van der Waals surface area contributed by atoms with E-state index < -0.39 is 0 Å². The standard InChI is InChI=1S/C20H29N7O2/c1-13-9-26(15(8-21-13)11-29-4)10-18(28)27-12-20(2,3)16-6-5-14(7-17(16)27)19-22-24-25-23-19/h5-7,13,15,21H,8-12H2,1-4H3,(H,22,23,24,25). The molecule has 9 nitrogen and oxygen atoms in total. The Morgan fingerprint density at radius 2 is 2.21 bits per heavy atom. The van der Waals surface area contributed by atoms with Crippen LogP contribution in [0.15, 0.2) is 18.2 Å². The number of hydrogen-bond acceptors (Lipinski definition) is 7. The lowest BCUT2D eigenvalue weighted by molar-refractivity contribution is -0.121. The zero-order valence-electron chi connectivity index (χ0n) is 17.5. The summed E-state index contributed by atoms with van der Waals surface area (Å²) in [4.78, 5) is 17.5. The van der Waals surface area contributed by atoms with Gasteiger partial charge in [0.2, 0.25) is 11.7 Å². The summed E-state index contributed by atoms with van der Waals surface area (Å²) in [5.74, 6) is 0.637. The average Bonchev–Trinajstić information content (AvgIpc) is 3.30. The van der Waals surface area contributed by atoms with E-state index in [2.05, 4.69) is 57.7 Å². The number of H-pyrrole nitrogens is 1. The minimum Gasteiger partial charge on any atom is -0.383 e. The number of anilines is 1. The summed E-state index contributed by atoms with van der Waals surface area (Å²) in [6, 6.07) is 6.62. The van der Waals surface area contributed by atoms with Crippen LogP contribution in [0.25, 0.3) is 11.4 Å². The zero-order chi connectivity index (χ0) is 20.6. The summed E-state index contributed by atoms with van der Waals surface area (Å²) in [5.41, 5.74) is 2.85. The first-order valence-corrected chi connectivity index (χ1v) is 10.0. The van der Waals surface area contributed by atoms with Gasteiger partial charge in [0.1, 0.15) is 0 Å². The van der Waals surface area contributed by atoms with E-state index in [1.54, 1.807) is 7.11 Å². The van der Waals surface area contributed by atoms with E-state index in [0.717, 1.165) is 24.3 Å². The Morgan fingerprint density at radius 3 is 2.93 bits per heavy atom. The van der Waals surface area contributed by atoms with E-state index in [-0.39, 0.29) is 17.4 Å². The van der Waals surface area contributed by atoms with Gasteiger partial charge in [0.05, 0.1) is 13.2 Å². The van der Waals surface area contributed by atoms with Gasteiger partial charge in [-0.2, -0.15) is 5.21 Å². The van der Waals surface area contributed by atoms with Crippen molar-refractivity contribution in [2.75, 3.05) is 44.8 Å². The molecule has 2 aromatic rings. The molecule has 4 rings (SSSR count). The van der Waals surface area contributed by atoms with E-state index in [1.807, 2.05) is 17.0 Å². The molecule has 1 amide bonds. The number of nitrogens with zero attached hydrogens (tertiary/aromatic N) is 5. The molecule has 2 aliphatic heterocycles. The molecule has 2 aliphatic rings. The highest BCUT2D eigenvalue weighted by Gasteiger charge is 2.39. The molecule has 1 aromatic carbocycles. The first-order valence-electron chi connectivity index (χ1n) is 10.0. The van der Waals surface area contributed by atoms with Gasteiger partial charge in [0.25, 0.3) is 0 Å². The highest BCUT2D eigenvalue weighted by atomic mass is 16.5. The van der Waals surface area contributed by atoms with Crippen molar-refractivity contribution in [2.24, 2.45) is 0 Å². The Morgan fingerprint density at radius 1 is 1.38 bits per heavy atom. The average molecular weight is 399 g/mol. The number of benzene rings is 1. The molecule has 29 heavy (non-hydrogen) atoms. The van der Waals surface area contributed by atoms with E-state index in [0.29, 0.717) is 31.6 Å². The van der Waals surface area contributed by atoms with Crippen molar-refractivity contribution in [3.63, 3.8) is 0 Å². The van der Waals surface area contributed by atoms with E-state index in [9.17, 15) is 4.79 Å². The molecular formula is C20H29N7O2. The topological polar surface area (TPSA) is 99.3 Å². The van der Waals surface area contributed by atoms with Crippen LogP contribution in [0, 0.1) is 0 Å². The molecule has 3 heterocycles. The maximum absolute atomic E-state index is 13.4. The molecule has 0 spiro atoms. The van der Waals surface area contributed by atoms with Crippen LogP contribution in [0.5, 0.6) is 0 Å². The largest absolute Gasteiger partial charge is 0.383 e. The highest BCUT2D eigenvalue weighted by Crippen LogP contribution is 2.42. The van der Waals surface area contributed by atoms with Gasteiger partial charge in [-0.3, -0.25) is 9.69 Å². The first-order chi connectivity index (χ1) is 13.9. The van der Waals surface area contributed by atoms with E-state index in [1.165, 1.54) is 5.56 Å². The number of aromatic nitrogens is 4. The fourth-order valence-corrected chi connectivity index (χ4v) is 4.38. The summed E-state index contributed by atoms with van der Waals surface area (Å²) in [6.07, 6.45) is 0. The number of tetrazole rings is 1. The number of carbonyl (C=O) groups excluding carboxylic acids is 1. The minimum absolute atomic E-state index is 0.108. The number of piperazine rings is 1. The molecule has 0 radical (unpaired) electrons. The van der Waals surface area contributed by atoms with Crippen LogP contribution in [0.4, 0.5) is 5.69 Å². The lowest BCUT2D eigenvalue weighted by Crippen LogP contribution is -2.59. The van der Waals surface area contributed by atoms with Crippen molar-refractivity contribution in [1.29, 1.82) is 0 Å². The van der Waals surface area contributed by atoms with Gasteiger partial charge >= 0.3 is 0 Å². The molecule has 1 fully saturated rings. The summed E-state index contributed by atoms with van der Waals surface area (Å²) in [6.45, 7) is 9.79. The zero-order valence-corrected chi connectivity index (χ0v) is 17.5. The molecule has 1 aromatic heterocycles. The summed E-state index contributed by atoms with van der Waals surface area (Å²) >= 11 is 0. The quantitative estimate of drug-likeness (QED) is 0.767. The van der Waals surface area contributed by atoms with Crippen molar-refractivity contribution in [1.82, 2.24) is 30.8 Å². The van der Waals surface area contributed by atoms with Gasteiger partial charge in [-0.25, -0.2) is 0 Å². The number of fused-ring (bicyclic) bond motifs is 1. The Bertz CT molecular complexity index is 868. The van der Waals surface area contributed by atoms with Crippen LogP contribution >= 0.6 is 0 Å². The number of nitrogens with one attached hydrogen (secondary N) is 2. The molecule has 2 atom stereocenters. The fourth-order valence-electron chi connectivity index (χ4n) is 4.38. The molecule has 0 bridgehead atoms. The number of rotatable bonds is 5. The third-order valence-corrected chi connectivity index (χ3v) is 5.90. The summed E-state index contributed by atoms with van der Waals surface area (Å²) in [7, 11) is 1.71. The second-order valence-electron chi connectivity index (χ2n) is 8.68. The van der Waals surface area contributed by atoms with Crippen LogP contribution < -0.4 is 10.2 Å². The third kappa shape index (κ3) is 3.90. The molecule has 156 valence electrons. The lowest BCUT2D eigenvalue weighted by atomic mass is 9.86. The van der Waals surface area contributed by atoms with Crippen LogP contribution in [0.3, 0.4) is 0 Å². The van der Waals surface area contributed by atoms with Crippen molar-refractivity contribution in [2.45, 2.75) is 38.3 Å². The van der Waals surface area contributed by atoms with E-state index in [4.69, 9.17) is 4.74 Å². The molecular weight excluding hydrogens is 370 g/mol. The maximum atomic E-state index is 13.4. The predicted octanol–water partition coefficient (Wildman–Crippen LogP) is 0.800.